The third kappa shape index (κ3) is 2.83. The lowest BCUT2D eigenvalue weighted by molar-refractivity contribution is 0.395. The van der Waals surface area contributed by atoms with E-state index in [2.05, 4.69) is 0 Å². The lowest BCUT2D eigenvalue weighted by Gasteiger charge is -2.17. The number of sulfonamides is 1. The van der Waals surface area contributed by atoms with E-state index in [-0.39, 0.29) is 6.54 Å². The molecule has 8 heteroatoms. The first-order valence-corrected chi connectivity index (χ1v) is 11.6. The first-order valence-electron chi connectivity index (χ1n) is 9.24. The van der Waals surface area contributed by atoms with Gasteiger partial charge < -0.3 is 9.47 Å². The normalized spacial score (nSPS) is 14.3. The van der Waals surface area contributed by atoms with E-state index in [1.54, 1.807) is 32.4 Å². The maximum Gasteiger partial charge on any atom is 0.265 e. The predicted molar refractivity (Wildman–Crippen MR) is 118 cm³/mol. The van der Waals surface area contributed by atoms with Crippen molar-refractivity contribution in [1.82, 2.24) is 4.98 Å². The van der Waals surface area contributed by atoms with Gasteiger partial charge in [-0.1, -0.05) is 24.3 Å². The minimum atomic E-state index is -3.62. The maximum atomic E-state index is 13.2. The molecule has 0 aliphatic carbocycles. The second-order valence-electron chi connectivity index (χ2n) is 6.85. The maximum absolute atomic E-state index is 13.2. The van der Waals surface area contributed by atoms with Crippen LogP contribution in [0.1, 0.15) is 5.69 Å². The van der Waals surface area contributed by atoms with Crippen LogP contribution in [0.3, 0.4) is 0 Å². The molecule has 1 aliphatic rings. The Morgan fingerprint density at radius 1 is 1.03 bits per heavy atom. The molecular weight excluding hydrogens is 420 g/mol. The summed E-state index contributed by atoms with van der Waals surface area (Å²) >= 11 is 1.45. The highest BCUT2D eigenvalue weighted by atomic mass is 32.2. The van der Waals surface area contributed by atoms with E-state index in [0.717, 1.165) is 21.3 Å². The van der Waals surface area contributed by atoms with Crippen LogP contribution in [0.4, 0.5) is 5.69 Å². The van der Waals surface area contributed by atoms with Gasteiger partial charge in [0.15, 0.2) is 0 Å². The highest BCUT2D eigenvalue weighted by Crippen LogP contribution is 2.43. The Hall–Kier alpha value is -3.10. The second kappa shape index (κ2) is 7.00. The molecule has 1 aromatic heterocycles. The third-order valence-corrected chi connectivity index (χ3v) is 7.90. The van der Waals surface area contributed by atoms with Crippen LogP contribution in [0.15, 0.2) is 64.9 Å². The summed E-state index contributed by atoms with van der Waals surface area (Å²) in [5, 5.41) is 4.33. The average molecular weight is 439 g/mol. The number of rotatable bonds is 5. The summed E-state index contributed by atoms with van der Waals surface area (Å²) in [5.74, 6) is 1.35. The monoisotopic (exact) mass is 438 g/mol. The van der Waals surface area contributed by atoms with Gasteiger partial charge in [-0.15, -0.1) is 11.3 Å². The van der Waals surface area contributed by atoms with Crippen molar-refractivity contribution in [3.63, 3.8) is 0 Å². The quantitative estimate of drug-likeness (QED) is 0.452. The van der Waals surface area contributed by atoms with Crippen molar-refractivity contribution in [1.29, 1.82) is 0 Å². The number of nitrogens with zero attached hydrogens (tertiary/aromatic N) is 2. The minimum absolute atomic E-state index is 0.172. The van der Waals surface area contributed by atoms with Crippen LogP contribution in [0, 0.1) is 0 Å². The number of ether oxygens (including phenoxy) is 2. The zero-order chi connectivity index (χ0) is 20.9. The van der Waals surface area contributed by atoms with Gasteiger partial charge >= 0.3 is 0 Å². The van der Waals surface area contributed by atoms with Crippen LogP contribution < -0.4 is 13.8 Å². The lowest BCUT2D eigenvalue weighted by Crippen LogP contribution is -2.26. The van der Waals surface area contributed by atoms with Gasteiger partial charge in [-0.2, -0.15) is 0 Å². The van der Waals surface area contributed by atoms with E-state index in [1.807, 2.05) is 41.8 Å². The van der Waals surface area contributed by atoms with Gasteiger partial charge in [-0.05, 0) is 29.7 Å². The van der Waals surface area contributed by atoms with Gasteiger partial charge in [0, 0.05) is 16.8 Å². The van der Waals surface area contributed by atoms with Crippen LogP contribution in [-0.4, -0.2) is 27.6 Å². The molecule has 0 unspecified atom stereocenters. The third-order valence-electron chi connectivity index (χ3n) is 5.18. The summed E-state index contributed by atoms with van der Waals surface area (Å²) in [6.45, 7) is 0.172. The van der Waals surface area contributed by atoms with Crippen LogP contribution in [0.5, 0.6) is 11.5 Å². The molecule has 0 fully saturated rings. The standard InChI is InChI=1S/C22H18N2O4S2/c1-27-16-9-10-17(19(11-16)28-2)22-23-15(13-29-22)12-24-18-7-3-5-14-6-4-8-20(21(14)18)30(24,25)26/h3-11,13H,12H2,1-2H3. The summed E-state index contributed by atoms with van der Waals surface area (Å²) in [7, 11) is -0.416. The highest BCUT2D eigenvalue weighted by Gasteiger charge is 2.35. The molecule has 0 N–H and O–H groups in total. The fraction of sp³-hybridized carbons (Fsp3) is 0.136. The SMILES string of the molecule is COc1ccc(-c2nc(CN3c4cccc5cccc(c45)S3(=O)=O)cs2)c(OC)c1. The van der Waals surface area contributed by atoms with Crippen molar-refractivity contribution >= 4 is 37.8 Å². The van der Waals surface area contributed by atoms with Gasteiger partial charge in [0.2, 0.25) is 0 Å². The van der Waals surface area contributed by atoms with Crippen LogP contribution in [0.2, 0.25) is 0 Å². The number of methoxy groups -OCH3 is 2. The van der Waals surface area contributed by atoms with E-state index < -0.39 is 10.0 Å². The molecule has 4 aromatic rings. The number of thiazole rings is 1. The number of aromatic nitrogens is 1. The van der Waals surface area contributed by atoms with E-state index >= 15 is 0 Å². The summed E-state index contributed by atoms with van der Waals surface area (Å²) in [4.78, 5) is 5.04. The zero-order valence-electron chi connectivity index (χ0n) is 16.3. The Kier molecular flexibility index (Phi) is 4.41. The largest absolute Gasteiger partial charge is 0.497 e. The smallest absolute Gasteiger partial charge is 0.265 e. The Morgan fingerprint density at radius 2 is 1.83 bits per heavy atom. The minimum Gasteiger partial charge on any atom is -0.497 e. The van der Waals surface area contributed by atoms with E-state index in [0.29, 0.717) is 27.8 Å². The number of hydrogen-bond acceptors (Lipinski definition) is 6. The molecule has 0 bridgehead atoms. The first kappa shape index (κ1) is 18.9. The number of benzene rings is 3. The Bertz CT molecular complexity index is 1370. The fourth-order valence-electron chi connectivity index (χ4n) is 3.75. The molecule has 0 spiro atoms. The molecule has 0 radical (unpaired) electrons. The van der Waals surface area contributed by atoms with Gasteiger partial charge in [0.1, 0.15) is 16.5 Å². The zero-order valence-corrected chi connectivity index (χ0v) is 18.0. The highest BCUT2D eigenvalue weighted by molar-refractivity contribution is 7.93. The summed E-state index contributed by atoms with van der Waals surface area (Å²) in [6.07, 6.45) is 0. The van der Waals surface area contributed by atoms with Gasteiger partial charge in [-0.25, -0.2) is 13.4 Å². The predicted octanol–water partition coefficient (Wildman–Crippen LogP) is 4.69. The van der Waals surface area contributed by atoms with Crippen molar-refractivity contribution < 1.29 is 17.9 Å². The van der Waals surface area contributed by atoms with Crippen LogP contribution in [0.25, 0.3) is 21.3 Å². The summed E-state index contributed by atoms with van der Waals surface area (Å²) in [5.41, 5.74) is 2.21. The fourth-order valence-corrected chi connectivity index (χ4v) is 6.28. The molecule has 5 rings (SSSR count). The molecule has 6 nitrogen and oxygen atoms in total. The molecule has 0 atom stereocenters. The molecule has 3 aromatic carbocycles. The van der Waals surface area contributed by atoms with Crippen molar-refractivity contribution in [3.8, 4) is 22.1 Å². The molecule has 0 saturated heterocycles. The summed E-state index contributed by atoms with van der Waals surface area (Å²) < 4.78 is 38.5. The second-order valence-corrected chi connectivity index (χ2v) is 9.54. The molecule has 0 amide bonds. The molecular formula is C22H18N2O4S2. The van der Waals surface area contributed by atoms with Gasteiger partial charge in [0.05, 0.1) is 42.6 Å². The lowest BCUT2D eigenvalue weighted by atomic mass is 10.1. The molecule has 1 aliphatic heterocycles. The molecule has 0 saturated carbocycles. The van der Waals surface area contributed by atoms with Crippen molar-refractivity contribution in [2.45, 2.75) is 11.4 Å². The molecule has 152 valence electrons. The number of hydrogen-bond donors (Lipinski definition) is 0. The number of anilines is 1. The van der Waals surface area contributed by atoms with E-state index in [9.17, 15) is 8.42 Å². The Morgan fingerprint density at radius 3 is 2.60 bits per heavy atom. The van der Waals surface area contributed by atoms with Crippen molar-refractivity contribution in [2.75, 3.05) is 18.5 Å². The molecule has 2 heterocycles. The first-order chi connectivity index (χ1) is 14.5. The van der Waals surface area contributed by atoms with Crippen molar-refractivity contribution in [2.24, 2.45) is 0 Å². The van der Waals surface area contributed by atoms with E-state index in [1.165, 1.54) is 15.6 Å². The van der Waals surface area contributed by atoms with Crippen molar-refractivity contribution in [3.05, 3.63) is 65.7 Å². The Balaban J connectivity index is 1.52. The van der Waals surface area contributed by atoms with Gasteiger partial charge in [0.25, 0.3) is 10.0 Å². The summed E-state index contributed by atoms with van der Waals surface area (Å²) in [6, 6.07) is 16.6. The van der Waals surface area contributed by atoms with Crippen LogP contribution in [-0.2, 0) is 16.6 Å². The molecule has 30 heavy (non-hydrogen) atoms. The Labute approximate surface area is 178 Å². The van der Waals surface area contributed by atoms with Gasteiger partial charge in [-0.3, -0.25) is 4.31 Å². The van der Waals surface area contributed by atoms with Crippen LogP contribution >= 0.6 is 11.3 Å². The van der Waals surface area contributed by atoms with E-state index in [4.69, 9.17) is 14.5 Å². The topological polar surface area (TPSA) is 68.7 Å². The average Bonchev–Trinajstić information content (AvgIpc) is 3.32.